The first-order chi connectivity index (χ1) is 8.78. The molecule has 0 aliphatic carbocycles. The van der Waals surface area contributed by atoms with Gasteiger partial charge in [0.1, 0.15) is 5.52 Å². The number of aromatic nitrogens is 4. The van der Waals surface area contributed by atoms with Crippen LogP contribution in [0.25, 0.3) is 11.2 Å². The van der Waals surface area contributed by atoms with Crippen LogP contribution in [0.1, 0.15) is 26.2 Å². The summed E-state index contributed by atoms with van der Waals surface area (Å²) in [5.74, 6) is 1.93. The monoisotopic (exact) mass is 246 g/mol. The van der Waals surface area contributed by atoms with Gasteiger partial charge in [-0.2, -0.15) is 9.97 Å². The maximum Gasteiger partial charge on any atom is 0.224 e. The first-order valence-corrected chi connectivity index (χ1v) is 6.49. The predicted molar refractivity (Wildman–Crippen MR) is 71.3 cm³/mol. The van der Waals surface area contributed by atoms with E-state index in [1.54, 1.807) is 6.33 Å². The van der Waals surface area contributed by atoms with Crippen molar-refractivity contribution in [1.29, 1.82) is 0 Å². The molecule has 0 bridgehead atoms. The minimum atomic E-state index is 0.295. The quantitative estimate of drug-likeness (QED) is 0.840. The zero-order chi connectivity index (χ0) is 12.5. The van der Waals surface area contributed by atoms with Crippen molar-refractivity contribution in [2.75, 3.05) is 23.7 Å². The molecule has 6 nitrogen and oxygen atoms in total. The minimum Gasteiger partial charge on any atom is -0.368 e. The maximum absolute atomic E-state index is 5.75. The van der Waals surface area contributed by atoms with Gasteiger partial charge in [0.2, 0.25) is 5.95 Å². The van der Waals surface area contributed by atoms with Crippen LogP contribution >= 0.6 is 0 Å². The molecule has 1 aliphatic rings. The Morgan fingerprint density at radius 2 is 2.39 bits per heavy atom. The number of H-pyrrole nitrogens is 1. The highest BCUT2D eigenvalue weighted by Gasteiger charge is 2.22. The number of nitrogens with two attached hydrogens (primary N) is 1. The normalized spacial score (nSPS) is 20.5. The Morgan fingerprint density at radius 3 is 3.22 bits per heavy atom. The van der Waals surface area contributed by atoms with Crippen LogP contribution in [0.4, 0.5) is 11.8 Å². The average molecular weight is 246 g/mol. The molecule has 3 N–H and O–H groups in total. The van der Waals surface area contributed by atoms with Gasteiger partial charge in [0.15, 0.2) is 11.5 Å². The molecule has 3 rings (SSSR count). The van der Waals surface area contributed by atoms with Crippen LogP contribution in [0, 0.1) is 5.92 Å². The van der Waals surface area contributed by atoms with Gasteiger partial charge < -0.3 is 15.6 Å². The van der Waals surface area contributed by atoms with Gasteiger partial charge in [0.25, 0.3) is 0 Å². The van der Waals surface area contributed by atoms with Gasteiger partial charge in [-0.05, 0) is 18.8 Å². The SMILES string of the molecule is CCC1CCCN(c2nc(N)nc3nc[nH]c23)C1. The molecule has 2 aromatic heterocycles. The van der Waals surface area contributed by atoms with Crippen LogP contribution < -0.4 is 10.6 Å². The van der Waals surface area contributed by atoms with E-state index in [-0.39, 0.29) is 0 Å². The number of rotatable bonds is 2. The summed E-state index contributed by atoms with van der Waals surface area (Å²) >= 11 is 0. The van der Waals surface area contributed by atoms with Crippen LogP contribution in [0.5, 0.6) is 0 Å². The third-order valence-corrected chi connectivity index (χ3v) is 3.68. The molecule has 0 amide bonds. The molecular formula is C12H18N6. The van der Waals surface area contributed by atoms with Crippen molar-refractivity contribution >= 4 is 22.9 Å². The molecule has 96 valence electrons. The van der Waals surface area contributed by atoms with Crippen molar-refractivity contribution in [1.82, 2.24) is 19.9 Å². The van der Waals surface area contributed by atoms with Gasteiger partial charge >= 0.3 is 0 Å². The molecule has 0 spiro atoms. The lowest BCUT2D eigenvalue weighted by Gasteiger charge is -2.33. The summed E-state index contributed by atoms with van der Waals surface area (Å²) < 4.78 is 0. The van der Waals surface area contributed by atoms with Crippen molar-refractivity contribution < 1.29 is 0 Å². The third kappa shape index (κ3) is 1.87. The van der Waals surface area contributed by atoms with Crippen molar-refractivity contribution in [3.8, 4) is 0 Å². The molecule has 2 aromatic rings. The van der Waals surface area contributed by atoms with E-state index in [0.717, 1.165) is 30.3 Å². The van der Waals surface area contributed by atoms with Gasteiger partial charge in [0, 0.05) is 13.1 Å². The highest BCUT2D eigenvalue weighted by atomic mass is 15.2. The minimum absolute atomic E-state index is 0.295. The number of hydrogen-bond acceptors (Lipinski definition) is 5. The number of nitrogens with one attached hydrogen (secondary N) is 1. The smallest absolute Gasteiger partial charge is 0.224 e. The number of piperidine rings is 1. The first-order valence-electron chi connectivity index (χ1n) is 6.49. The number of nitrogens with zero attached hydrogens (tertiary/aromatic N) is 4. The Kier molecular flexibility index (Phi) is 2.77. The average Bonchev–Trinajstić information content (AvgIpc) is 2.85. The van der Waals surface area contributed by atoms with Crippen molar-refractivity contribution in [2.45, 2.75) is 26.2 Å². The van der Waals surface area contributed by atoms with Gasteiger partial charge in [-0.3, -0.25) is 0 Å². The molecular weight excluding hydrogens is 228 g/mol. The molecule has 18 heavy (non-hydrogen) atoms. The number of anilines is 2. The van der Waals surface area contributed by atoms with Crippen LogP contribution in [-0.4, -0.2) is 33.0 Å². The van der Waals surface area contributed by atoms with E-state index in [4.69, 9.17) is 5.73 Å². The summed E-state index contributed by atoms with van der Waals surface area (Å²) in [5.41, 5.74) is 7.29. The van der Waals surface area contributed by atoms with E-state index in [1.807, 2.05) is 0 Å². The van der Waals surface area contributed by atoms with Crippen molar-refractivity contribution in [3.63, 3.8) is 0 Å². The molecule has 1 aliphatic heterocycles. The third-order valence-electron chi connectivity index (χ3n) is 3.68. The summed E-state index contributed by atoms with van der Waals surface area (Å²) in [6.45, 7) is 4.32. The fourth-order valence-corrected chi connectivity index (χ4v) is 2.65. The summed E-state index contributed by atoms with van der Waals surface area (Å²) in [7, 11) is 0. The van der Waals surface area contributed by atoms with Gasteiger partial charge in [0.05, 0.1) is 6.33 Å². The Labute approximate surface area is 106 Å². The second-order valence-corrected chi connectivity index (χ2v) is 4.87. The topological polar surface area (TPSA) is 83.7 Å². The highest BCUT2D eigenvalue weighted by Crippen LogP contribution is 2.27. The number of fused-ring (bicyclic) bond motifs is 1. The second kappa shape index (κ2) is 4.44. The Hall–Kier alpha value is -1.85. The maximum atomic E-state index is 5.75. The summed E-state index contributed by atoms with van der Waals surface area (Å²) in [5, 5.41) is 0. The summed E-state index contributed by atoms with van der Waals surface area (Å²) in [6.07, 6.45) is 5.37. The van der Waals surface area contributed by atoms with Crippen LogP contribution in [0.15, 0.2) is 6.33 Å². The Balaban J connectivity index is 2.00. The largest absolute Gasteiger partial charge is 0.368 e. The molecule has 0 radical (unpaired) electrons. The highest BCUT2D eigenvalue weighted by molar-refractivity contribution is 5.84. The van der Waals surface area contributed by atoms with Crippen molar-refractivity contribution in [2.24, 2.45) is 5.92 Å². The second-order valence-electron chi connectivity index (χ2n) is 4.87. The van der Waals surface area contributed by atoms with Crippen LogP contribution in [-0.2, 0) is 0 Å². The zero-order valence-electron chi connectivity index (χ0n) is 10.6. The molecule has 0 saturated carbocycles. The van der Waals surface area contributed by atoms with E-state index in [0.29, 0.717) is 11.6 Å². The number of nitrogen functional groups attached to an aromatic ring is 1. The van der Waals surface area contributed by atoms with Gasteiger partial charge in [-0.25, -0.2) is 4.98 Å². The zero-order valence-corrected chi connectivity index (χ0v) is 10.6. The van der Waals surface area contributed by atoms with E-state index in [1.165, 1.54) is 19.3 Å². The van der Waals surface area contributed by atoms with E-state index < -0.39 is 0 Å². The Bertz CT molecular complexity index is 548. The fourth-order valence-electron chi connectivity index (χ4n) is 2.65. The van der Waals surface area contributed by atoms with E-state index in [2.05, 4.69) is 31.8 Å². The molecule has 6 heteroatoms. The van der Waals surface area contributed by atoms with Crippen LogP contribution in [0.2, 0.25) is 0 Å². The molecule has 0 aromatic carbocycles. The van der Waals surface area contributed by atoms with Gasteiger partial charge in [-0.1, -0.05) is 13.3 Å². The molecule has 1 fully saturated rings. The lowest BCUT2D eigenvalue weighted by Crippen LogP contribution is -2.36. The molecule has 1 atom stereocenters. The van der Waals surface area contributed by atoms with Crippen molar-refractivity contribution in [3.05, 3.63) is 6.33 Å². The van der Waals surface area contributed by atoms with E-state index in [9.17, 15) is 0 Å². The van der Waals surface area contributed by atoms with E-state index >= 15 is 0 Å². The van der Waals surface area contributed by atoms with Crippen LogP contribution in [0.3, 0.4) is 0 Å². The lowest BCUT2D eigenvalue weighted by molar-refractivity contribution is 0.403. The summed E-state index contributed by atoms with van der Waals surface area (Å²) in [4.78, 5) is 18.1. The fraction of sp³-hybridized carbons (Fsp3) is 0.583. The molecule has 3 heterocycles. The molecule has 1 saturated heterocycles. The summed E-state index contributed by atoms with van der Waals surface area (Å²) in [6, 6.07) is 0. The standard InChI is InChI=1S/C12H18N6/c1-2-8-4-3-5-18(6-8)11-9-10(15-7-14-9)16-12(13)17-11/h7-8H,2-6H2,1H3,(H3,13,14,15,16,17). The lowest BCUT2D eigenvalue weighted by atomic mass is 9.96. The number of aromatic amines is 1. The van der Waals surface area contributed by atoms with Gasteiger partial charge in [-0.15, -0.1) is 0 Å². The number of hydrogen-bond donors (Lipinski definition) is 2. The first kappa shape index (κ1) is 11.3. The predicted octanol–water partition coefficient (Wildman–Crippen LogP) is 1.56. The number of imidazole rings is 1. The molecule has 1 unspecified atom stereocenters. The Morgan fingerprint density at radius 1 is 1.50 bits per heavy atom.